The zero-order valence-corrected chi connectivity index (χ0v) is 20.0. The van der Waals surface area contributed by atoms with Gasteiger partial charge in [-0.05, 0) is 49.3 Å². The van der Waals surface area contributed by atoms with E-state index in [2.05, 4.69) is 77.3 Å². The second-order valence-electron chi connectivity index (χ2n) is 9.44. The monoisotopic (exact) mass is 453 g/mol. The number of allylic oxidation sites excluding steroid dienone is 4. The molecule has 3 nitrogen and oxygen atoms in total. The molecule has 0 atom stereocenters. The molecule has 0 amide bonds. The Morgan fingerprint density at radius 2 is 1.75 bits per heavy atom. The van der Waals surface area contributed by atoms with Gasteiger partial charge in [-0.25, -0.2) is 4.58 Å². The van der Waals surface area contributed by atoms with Crippen molar-refractivity contribution in [3.8, 4) is 5.75 Å². The number of hydrogen-bond donors (Lipinski definition) is 0. The normalized spacial score (nSPS) is 17.5. The van der Waals surface area contributed by atoms with Crippen molar-refractivity contribution in [3.63, 3.8) is 0 Å². The van der Waals surface area contributed by atoms with E-state index >= 15 is 0 Å². The number of methoxy groups -OCH3 is 1. The molecule has 2 aliphatic heterocycles. The first-order valence-corrected chi connectivity index (χ1v) is 10.6. The average molecular weight is 453 g/mol. The first-order chi connectivity index (χ1) is 14.6. The van der Waals surface area contributed by atoms with Crippen molar-refractivity contribution in [2.45, 2.75) is 54.0 Å². The molecule has 0 aliphatic carbocycles. The Balaban J connectivity index is 0.000000654. The Morgan fingerprint density at radius 3 is 2.25 bits per heavy atom. The van der Waals surface area contributed by atoms with E-state index in [9.17, 15) is 17.3 Å². The van der Waals surface area contributed by atoms with E-state index in [4.69, 9.17) is 9.47 Å². The highest BCUT2D eigenvalue weighted by Crippen LogP contribution is 2.32. The summed E-state index contributed by atoms with van der Waals surface area (Å²) in [6, 6.07) is 4.48. The molecule has 2 aliphatic rings. The predicted octanol–water partition coefficient (Wildman–Crippen LogP) is 5.33. The van der Waals surface area contributed by atoms with Gasteiger partial charge in [0, 0.05) is 30.0 Å². The van der Waals surface area contributed by atoms with Gasteiger partial charge in [0.25, 0.3) is 0 Å². The molecule has 1 aromatic rings. The van der Waals surface area contributed by atoms with Gasteiger partial charge in [-0.2, -0.15) is 0 Å². The summed E-state index contributed by atoms with van der Waals surface area (Å²) in [5.41, 5.74) is 3.61. The molecule has 0 N–H and O–H groups in total. The molecule has 0 bridgehead atoms. The van der Waals surface area contributed by atoms with Crippen molar-refractivity contribution in [2.24, 2.45) is 5.41 Å². The molecule has 8 heteroatoms. The Labute approximate surface area is 187 Å². The summed E-state index contributed by atoms with van der Waals surface area (Å²) in [7, 11) is -4.33. The number of nitrogens with zero attached hydrogens (tertiary/aromatic N) is 1. The zero-order chi connectivity index (χ0) is 24.5. The molecule has 2 heterocycles. The van der Waals surface area contributed by atoms with Crippen LogP contribution in [-0.4, -0.2) is 26.4 Å². The van der Waals surface area contributed by atoms with Gasteiger partial charge in [0.1, 0.15) is 18.1 Å². The molecule has 32 heavy (non-hydrogen) atoms. The number of ether oxygens (including phenoxy) is 2. The van der Waals surface area contributed by atoms with Crippen molar-refractivity contribution < 1.29 is 26.7 Å². The maximum absolute atomic E-state index is 9.75. The summed E-state index contributed by atoms with van der Waals surface area (Å²) in [6.45, 7) is 16.4. The van der Waals surface area contributed by atoms with Gasteiger partial charge in [-0.1, -0.05) is 20.8 Å². The van der Waals surface area contributed by atoms with E-state index in [1.165, 1.54) is 16.5 Å². The number of halogens is 4. The Kier molecular flexibility index (Phi) is 7.37. The van der Waals surface area contributed by atoms with Crippen LogP contribution >= 0.6 is 0 Å². The van der Waals surface area contributed by atoms with Gasteiger partial charge >= 0.3 is 7.25 Å². The Bertz CT molecular complexity index is 1080. The summed E-state index contributed by atoms with van der Waals surface area (Å²) in [6.07, 6.45) is 8.23. The van der Waals surface area contributed by atoms with Crippen molar-refractivity contribution >= 4 is 18.4 Å². The molecule has 0 spiro atoms. The van der Waals surface area contributed by atoms with E-state index < -0.39 is 7.25 Å². The van der Waals surface area contributed by atoms with Gasteiger partial charge in [0.15, 0.2) is 5.54 Å². The fourth-order valence-corrected chi connectivity index (χ4v) is 4.01. The van der Waals surface area contributed by atoms with E-state index in [0.717, 1.165) is 28.8 Å². The van der Waals surface area contributed by atoms with Gasteiger partial charge in [0.05, 0.1) is 19.4 Å². The van der Waals surface area contributed by atoms with Crippen LogP contribution in [0.5, 0.6) is 5.75 Å². The minimum Gasteiger partial charge on any atom is -0.504 e. The average Bonchev–Trinajstić information content (AvgIpc) is 2.62. The Hall–Kier alpha value is -2.51. The van der Waals surface area contributed by atoms with E-state index in [1.54, 1.807) is 13.4 Å². The molecule has 0 radical (unpaired) electrons. The van der Waals surface area contributed by atoms with E-state index in [1.807, 2.05) is 6.08 Å². The number of fused-ring (bicyclic) bond motifs is 2. The minimum atomic E-state index is -6.00. The van der Waals surface area contributed by atoms with E-state index in [0.29, 0.717) is 0 Å². The van der Waals surface area contributed by atoms with Crippen LogP contribution in [0, 0.1) is 5.41 Å². The maximum atomic E-state index is 9.75. The lowest BCUT2D eigenvalue weighted by Gasteiger charge is -2.28. The molecule has 1 aromatic carbocycles. The first kappa shape index (κ1) is 25.8. The summed E-state index contributed by atoms with van der Waals surface area (Å²) >= 11 is 0. The highest BCUT2D eigenvalue weighted by atomic mass is 19.5. The van der Waals surface area contributed by atoms with E-state index in [-0.39, 0.29) is 11.0 Å². The predicted molar refractivity (Wildman–Crippen MR) is 123 cm³/mol. The lowest BCUT2D eigenvalue weighted by molar-refractivity contribution is 0.289. The van der Waals surface area contributed by atoms with Crippen LogP contribution in [-0.2, 0) is 4.74 Å². The molecule has 0 saturated carbocycles. The summed E-state index contributed by atoms with van der Waals surface area (Å²) < 4.78 is 53.0. The standard InChI is InChI=1S/C24H32NO2.BF4/c1-9-25-20-14-21-19(13-18(20)16(2)15-24(25,6)7)17(10-11-26-8)12-22(27-21)23(3,4)5;2-1(3,4)5/h10-15H,9H2,1-8H3;/q+1;-1/b11-10+;. The van der Waals surface area contributed by atoms with Crippen molar-refractivity contribution in [2.75, 3.05) is 13.7 Å². The lowest BCUT2D eigenvalue weighted by atomic mass is 9.89. The van der Waals surface area contributed by atoms with Crippen LogP contribution in [0.1, 0.15) is 54.0 Å². The third kappa shape index (κ3) is 6.05. The van der Waals surface area contributed by atoms with Crippen LogP contribution in [0.25, 0.3) is 11.1 Å². The molecule has 0 unspecified atom stereocenters. The zero-order valence-electron chi connectivity index (χ0n) is 20.0. The smallest absolute Gasteiger partial charge is 0.504 e. The second-order valence-corrected chi connectivity index (χ2v) is 9.44. The third-order valence-electron chi connectivity index (χ3n) is 5.34. The topological polar surface area (TPSA) is 21.5 Å². The highest BCUT2D eigenvalue weighted by molar-refractivity contribution is 6.50. The minimum absolute atomic E-state index is 0.0140. The van der Waals surface area contributed by atoms with Crippen LogP contribution in [0.4, 0.5) is 17.3 Å². The molecular formula is C24H32BF4NO2. The van der Waals surface area contributed by atoms with Gasteiger partial charge < -0.3 is 26.7 Å². The van der Waals surface area contributed by atoms with Crippen molar-refractivity contribution in [1.29, 1.82) is 0 Å². The number of likely N-dealkylation sites (N-methyl/N-ethyl adjacent to an activating group) is 1. The number of hydrogen-bond acceptors (Lipinski definition) is 2. The lowest BCUT2D eigenvalue weighted by Crippen LogP contribution is -2.49. The molecule has 3 rings (SSSR count). The van der Waals surface area contributed by atoms with Crippen LogP contribution in [0.2, 0.25) is 0 Å². The summed E-state index contributed by atoms with van der Waals surface area (Å²) in [5, 5.41) is 2.35. The molecular weight excluding hydrogens is 421 g/mol. The fourth-order valence-electron chi connectivity index (χ4n) is 4.01. The highest BCUT2D eigenvalue weighted by Gasteiger charge is 2.33. The first-order valence-electron chi connectivity index (χ1n) is 10.6. The van der Waals surface area contributed by atoms with Crippen LogP contribution in [0.3, 0.4) is 0 Å². The molecule has 176 valence electrons. The largest absolute Gasteiger partial charge is 0.673 e. The van der Waals surface area contributed by atoms with Gasteiger partial charge in [0.2, 0.25) is 5.36 Å². The van der Waals surface area contributed by atoms with Crippen molar-refractivity contribution in [1.82, 2.24) is 4.58 Å². The third-order valence-corrected chi connectivity index (χ3v) is 5.34. The van der Waals surface area contributed by atoms with Crippen LogP contribution < -0.4 is 19.9 Å². The number of benzene rings is 1. The molecule has 0 aromatic heterocycles. The quantitative estimate of drug-likeness (QED) is 0.267. The summed E-state index contributed by atoms with van der Waals surface area (Å²) in [5.74, 6) is 1.89. The maximum Gasteiger partial charge on any atom is 0.673 e. The van der Waals surface area contributed by atoms with Gasteiger partial charge in [-0.15, -0.1) is 0 Å². The van der Waals surface area contributed by atoms with Gasteiger partial charge in [-0.3, -0.25) is 0 Å². The molecule has 0 fully saturated rings. The van der Waals surface area contributed by atoms with Crippen LogP contribution in [0.15, 0.2) is 42.4 Å². The number of rotatable bonds is 3. The Morgan fingerprint density at radius 1 is 1.16 bits per heavy atom. The molecule has 0 saturated heterocycles. The summed E-state index contributed by atoms with van der Waals surface area (Å²) in [4.78, 5) is 0. The SMILES string of the molecule is CC[N+]1=c2cc3c(cc2C(C)=CC1(C)C)=C(/C=C/OC)C=C(C(C)(C)C)O3.F[B-](F)(F)F. The second kappa shape index (κ2) is 9.16. The fraction of sp³-hybridized carbons (Fsp3) is 0.458. The van der Waals surface area contributed by atoms with Crippen molar-refractivity contribution in [3.05, 3.63) is 58.5 Å².